The molecule has 0 radical (unpaired) electrons. The number of hydrogen-bond acceptors (Lipinski definition) is 4. The summed E-state index contributed by atoms with van der Waals surface area (Å²) in [6, 6.07) is 0.0632. The number of ether oxygens (including phenoxy) is 1. The van der Waals surface area contributed by atoms with E-state index < -0.39 is 0 Å². The lowest BCUT2D eigenvalue weighted by molar-refractivity contribution is -0.163. The number of amides is 2. The number of piperazine rings is 1. The van der Waals surface area contributed by atoms with Crippen LogP contribution in [0, 0.1) is 5.41 Å². The summed E-state index contributed by atoms with van der Waals surface area (Å²) in [4.78, 5) is 32.8. The molecule has 27 heavy (non-hydrogen) atoms. The maximum Gasteiger partial charge on any atom is 0.230 e. The molecule has 2 amide bonds. The van der Waals surface area contributed by atoms with Gasteiger partial charge in [-0.2, -0.15) is 0 Å². The second-order valence-electron chi connectivity index (χ2n) is 8.49. The Morgan fingerprint density at radius 3 is 2.63 bits per heavy atom. The van der Waals surface area contributed by atoms with E-state index in [2.05, 4.69) is 16.7 Å². The normalized spacial score (nSPS) is 29.7. The fourth-order valence-electron chi connectivity index (χ4n) is 5.31. The van der Waals surface area contributed by atoms with E-state index in [1.807, 2.05) is 4.90 Å². The van der Waals surface area contributed by atoms with Gasteiger partial charge in [0.25, 0.3) is 0 Å². The van der Waals surface area contributed by atoms with E-state index in [1.54, 1.807) is 7.11 Å². The number of carbonyl (C=O) groups excluding carboxylic acids is 2. The molecule has 3 aliphatic rings. The smallest absolute Gasteiger partial charge is 0.230 e. The quantitative estimate of drug-likeness (QED) is 0.680. The van der Waals surface area contributed by atoms with Crippen LogP contribution in [-0.2, 0) is 14.3 Å². The van der Waals surface area contributed by atoms with Crippen molar-refractivity contribution in [1.29, 1.82) is 0 Å². The molecule has 2 atom stereocenters. The number of piperidine rings is 1. The molecule has 1 saturated carbocycles. The molecular formula is C21H37N3O3. The van der Waals surface area contributed by atoms with E-state index in [4.69, 9.17) is 4.74 Å². The molecule has 154 valence electrons. The van der Waals surface area contributed by atoms with Crippen LogP contribution in [0.25, 0.3) is 0 Å². The van der Waals surface area contributed by atoms with Crippen LogP contribution in [0.15, 0.2) is 0 Å². The molecule has 0 aromatic rings. The second kappa shape index (κ2) is 9.37. The number of hydrogen-bond donors (Lipinski definition) is 0. The highest BCUT2D eigenvalue weighted by Gasteiger charge is 2.54. The van der Waals surface area contributed by atoms with Gasteiger partial charge in [-0.3, -0.25) is 14.5 Å². The third-order valence-electron chi connectivity index (χ3n) is 6.92. The lowest BCUT2D eigenvalue weighted by Gasteiger charge is -2.53. The maximum absolute atomic E-state index is 13.7. The first kappa shape index (κ1) is 20.6. The van der Waals surface area contributed by atoms with Crippen molar-refractivity contribution in [3.05, 3.63) is 0 Å². The first-order valence-electron chi connectivity index (χ1n) is 10.9. The minimum atomic E-state index is -0.356. The van der Waals surface area contributed by atoms with Crippen LogP contribution in [0.1, 0.15) is 58.3 Å². The monoisotopic (exact) mass is 379 g/mol. The number of carbonyl (C=O) groups is 2. The Kier molecular flexibility index (Phi) is 7.15. The van der Waals surface area contributed by atoms with Gasteiger partial charge >= 0.3 is 0 Å². The zero-order valence-electron chi connectivity index (χ0n) is 17.3. The van der Waals surface area contributed by atoms with Crippen molar-refractivity contribution in [3.63, 3.8) is 0 Å². The van der Waals surface area contributed by atoms with Crippen LogP contribution < -0.4 is 0 Å². The number of methoxy groups -OCH3 is 1. The van der Waals surface area contributed by atoms with E-state index in [0.29, 0.717) is 25.5 Å². The maximum atomic E-state index is 13.7. The lowest BCUT2D eigenvalue weighted by atomic mass is 9.64. The van der Waals surface area contributed by atoms with Crippen LogP contribution in [0.5, 0.6) is 0 Å². The van der Waals surface area contributed by atoms with Crippen molar-refractivity contribution < 1.29 is 14.3 Å². The van der Waals surface area contributed by atoms with Crippen molar-refractivity contribution >= 4 is 11.8 Å². The van der Waals surface area contributed by atoms with Gasteiger partial charge in [-0.25, -0.2) is 0 Å². The Bertz CT molecular complexity index is 519. The molecule has 0 aromatic carbocycles. The van der Waals surface area contributed by atoms with Crippen molar-refractivity contribution in [2.24, 2.45) is 5.41 Å². The Morgan fingerprint density at radius 1 is 1.15 bits per heavy atom. The van der Waals surface area contributed by atoms with E-state index in [9.17, 15) is 9.59 Å². The van der Waals surface area contributed by atoms with Gasteiger partial charge in [-0.15, -0.1) is 0 Å². The van der Waals surface area contributed by atoms with Crippen LogP contribution in [-0.4, -0.2) is 85.5 Å². The Balaban J connectivity index is 1.70. The summed E-state index contributed by atoms with van der Waals surface area (Å²) in [6.07, 6.45) is 7.79. The van der Waals surface area contributed by atoms with Gasteiger partial charge in [0, 0.05) is 52.3 Å². The number of nitrogens with zero attached hydrogens (tertiary/aromatic N) is 3. The average Bonchev–Trinajstić information content (AvgIpc) is 2.71. The molecular weight excluding hydrogens is 342 g/mol. The van der Waals surface area contributed by atoms with E-state index in [-0.39, 0.29) is 17.4 Å². The zero-order chi connectivity index (χ0) is 19.3. The van der Waals surface area contributed by atoms with Crippen molar-refractivity contribution in [3.8, 4) is 0 Å². The van der Waals surface area contributed by atoms with Crippen LogP contribution in [0.2, 0.25) is 0 Å². The van der Waals surface area contributed by atoms with Crippen molar-refractivity contribution in [1.82, 2.24) is 14.7 Å². The van der Waals surface area contributed by atoms with Gasteiger partial charge < -0.3 is 14.5 Å². The summed E-state index contributed by atoms with van der Waals surface area (Å²) in [7, 11) is 1.67. The molecule has 0 bridgehead atoms. The van der Waals surface area contributed by atoms with Crippen molar-refractivity contribution in [2.75, 3.05) is 53.0 Å². The molecule has 3 fully saturated rings. The summed E-state index contributed by atoms with van der Waals surface area (Å²) >= 11 is 0. The number of unbranched alkanes of at least 4 members (excludes halogenated alkanes) is 1. The standard InChI is InChI=1S/C21H37N3O3/c1-3-4-11-22-12-14-23(15-13-22)20(26)21-9-6-5-7-18(21)24(16-17-27-2)19(25)8-10-21/h18H,3-17H2,1-2H3/t18-,21-/m1/s1. The molecule has 1 aliphatic carbocycles. The number of likely N-dealkylation sites (tertiary alicyclic amines) is 1. The van der Waals surface area contributed by atoms with E-state index in [1.165, 1.54) is 12.8 Å². The molecule has 6 heteroatoms. The first-order chi connectivity index (χ1) is 13.1. The second-order valence-corrected chi connectivity index (χ2v) is 8.49. The fourth-order valence-corrected chi connectivity index (χ4v) is 5.31. The van der Waals surface area contributed by atoms with Gasteiger partial charge in [0.2, 0.25) is 11.8 Å². The lowest BCUT2D eigenvalue weighted by Crippen LogP contribution is -2.64. The zero-order valence-corrected chi connectivity index (χ0v) is 17.3. The van der Waals surface area contributed by atoms with Gasteiger partial charge in [0.05, 0.1) is 12.0 Å². The highest BCUT2D eigenvalue weighted by atomic mass is 16.5. The minimum Gasteiger partial charge on any atom is -0.383 e. The molecule has 0 unspecified atom stereocenters. The van der Waals surface area contributed by atoms with Gasteiger partial charge in [-0.1, -0.05) is 26.2 Å². The Hall–Kier alpha value is -1.14. The third-order valence-corrected chi connectivity index (χ3v) is 6.92. The molecule has 0 N–H and O–H groups in total. The van der Waals surface area contributed by atoms with E-state index in [0.717, 1.165) is 64.8 Å². The molecule has 0 aromatic heterocycles. The molecule has 3 rings (SSSR count). The Morgan fingerprint density at radius 2 is 1.93 bits per heavy atom. The number of fused-ring (bicyclic) bond motifs is 1. The van der Waals surface area contributed by atoms with Crippen molar-refractivity contribution in [2.45, 2.75) is 64.3 Å². The molecule has 2 aliphatic heterocycles. The largest absolute Gasteiger partial charge is 0.383 e. The Labute approximate surface area is 164 Å². The highest BCUT2D eigenvalue weighted by molar-refractivity contribution is 5.88. The first-order valence-corrected chi connectivity index (χ1v) is 10.9. The summed E-state index contributed by atoms with van der Waals surface area (Å²) in [6.45, 7) is 8.17. The summed E-state index contributed by atoms with van der Waals surface area (Å²) in [5, 5.41) is 0. The highest BCUT2D eigenvalue weighted by Crippen LogP contribution is 2.47. The summed E-state index contributed by atoms with van der Waals surface area (Å²) in [5.74, 6) is 0.518. The predicted octanol–water partition coefficient (Wildman–Crippen LogP) is 2.13. The van der Waals surface area contributed by atoms with Gasteiger partial charge in [0.15, 0.2) is 0 Å². The molecule has 6 nitrogen and oxygen atoms in total. The van der Waals surface area contributed by atoms with Gasteiger partial charge in [0.1, 0.15) is 0 Å². The summed E-state index contributed by atoms with van der Waals surface area (Å²) < 4.78 is 5.23. The number of rotatable bonds is 7. The SMILES string of the molecule is CCCCN1CCN(C(=O)[C@@]23CCCC[C@H]2N(CCOC)C(=O)CC3)CC1. The molecule has 0 spiro atoms. The van der Waals surface area contributed by atoms with Gasteiger partial charge in [-0.05, 0) is 32.2 Å². The topological polar surface area (TPSA) is 53.1 Å². The fraction of sp³-hybridized carbons (Fsp3) is 0.905. The minimum absolute atomic E-state index is 0.0632. The third kappa shape index (κ3) is 4.32. The summed E-state index contributed by atoms with van der Waals surface area (Å²) in [5.41, 5.74) is -0.356. The molecule has 2 heterocycles. The van der Waals surface area contributed by atoms with Crippen LogP contribution in [0.4, 0.5) is 0 Å². The average molecular weight is 380 g/mol. The van der Waals surface area contributed by atoms with E-state index >= 15 is 0 Å². The molecule has 2 saturated heterocycles. The predicted molar refractivity (Wildman–Crippen MR) is 105 cm³/mol. The van der Waals surface area contributed by atoms with Crippen LogP contribution >= 0.6 is 0 Å². The van der Waals surface area contributed by atoms with Crippen LogP contribution in [0.3, 0.4) is 0 Å².